The molecule has 0 fully saturated rings. The van der Waals surface area contributed by atoms with Crippen LogP contribution < -0.4 is 0 Å². The zero-order valence-corrected chi connectivity index (χ0v) is 20.6. The lowest BCUT2D eigenvalue weighted by Gasteiger charge is -2.42. The summed E-state index contributed by atoms with van der Waals surface area (Å²) in [7, 11) is 0. The Bertz CT molecular complexity index is 961. The van der Waals surface area contributed by atoms with Crippen LogP contribution in [0, 0.1) is 0 Å². The van der Waals surface area contributed by atoms with Gasteiger partial charge in [-0.3, -0.25) is 0 Å². The van der Waals surface area contributed by atoms with E-state index < -0.39 is 5.97 Å². The normalized spacial score (nSPS) is 16.8. The highest BCUT2D eigenvalue weighted by atomic mass is 16.4. The van der Waals surface area contributed by atoms with E-state index in [-0.39, 0.29) is 10.8 Å². The Morgan fingerprint density at radius 2 is 1.47 bits per heavy atom. The quantitative estimate of drug-likeness (QED) is 0.319. The van der Waals surface area contributed by atoms with E-state index in [4.69, 9.17) is 5.11 Å². The first-order valence-corrected chi connectivity index (χ1v) is 12.3. The first-order valence-electron chi connectivity index (χ1n) is 12.3. The minimum absolute atomic E-state index is 0.191. The molecule has 0 aromatic heterocycles. The van der Waals surface area contributed by atoms with Crippen molar-refractivity contribution in [2.75, 3.05) is 0 Å². The summed E-state index contributed by atoms with van der Waals surface area (Å²) in [5.74, 6) is -0.884. The third-order valence-electron chi connectivity index (χ3n) is 7.28. The number of carboxylic acids is 1. The summed E-state index contributed by atoms with van der Waals surface area (Å²) in [5, 5.41) is 9.14. The molecular weight excluding hydrogens is 392 g/mol. The van der Waals surface area contributed by atoms with Gasteiger partial charge < -0.3 is 5.11 Å². The number of hydrogen-bond donors (Lipinski definition) is 1. The second kappa shape index (κ2) is 10.1. The number of benzene rings is 2. The van der Waals surface area contributed by atoms with E-state index in [1.165, 1.54) is 67.2 Å². The van der Waals surface area contributed by atoms with Gasteiger partial charge in [0.1, 0.15) is 0 Å². The topological polar surface area (TPSA) is 37.3 Å². The lowest BCUT2D eigenvalue weighted by molar-refractivity contribution is 0.0697. The first kappa shape index (κ1) is 24.3. The highest BCUT2D eigenvalue weighted by Crippen LogP contribution is 2.47. The van der Waals surface area contributed by atoms with Gasteiger partial charge in [0.15, 0.2) is 0 Å². The van der Waals surface area contributed by atoms with Crippen LogP contribution in [0.3, 0.4) is 0 Å². The van der Waals surface area contributed by atoms with Gasteiger partial charge in [-0.25, -0.2) is 4.79 Å². The van der Waals surface area contributed by atoms with Gasteiger partial charge in [0, 0.05) is 0 Å². The fraction of sp³-hybridized carbons (Fsp3) is 0.500. The van der Waals surface area contributed by atoms with Gasteiger partial charge in [-0.05, 0) is 76.5 Å². The summed E-state index contributed by atoms with van der Waals surface area (Å²) in [5.41, 5.74) is 7.54. The monoisotopic (exact) mass is 432 g/mol. The van der Waals surface area contributed by atoms with Crippen LogP contribution in [0.25, 0.3) is 12.2 Å². The van der Waals surface area contributed by atoms with E-state index in [0.717, 1.165) is 12.0 Å². The molecule has 1 N–H and O–H groups in total. The lowest BCUT2D eigenvalue weighted by atomic mass is 9.62. The Kier molecular flexibility index (Phi) is 7.64. The summed E-state index contributed by atoms with van der Waals surface area (Å²) < 4.78 is 0. The summed E-state index contributed by atoms with van der Waals surface area (Å²) in [4.78, 5) is 11.1. The number of unbranched alkanes of at least 4 members (excludes halogenated alkanes) is 4. The zero-order valence-electron chi connectivity index (χ0n) is 20.6. The van der Waals surface area contributed by atoms with E-state index in [1.54, 1.807) is 12.1 Å². The van der Waals surface area contributed by atoms with Crippen LogP contribution in [-0.2, 0) is 17.3 Å². The summed E-state index contributed by atoms with van der Waals surface area (Å²) in [6.45, 7) is 11.8. The number of carbonyl (C=O) groups is 1. The highest BCUT2D eigenvalue weighted by molar-refractivity contribution is 5.88. The van der Waals surface area contributed by atoms with Crippen molar-refractivity contribution in [3.63, 3.8) is 0 Å². The summed E-state index contributed by atoms with van der Waals surface area (Å²) >= 11 is 0. The Morgan fingerprint density at radius 1 is 0.875 bits per heavy atom. The van der Waals surface area contributed by atoms with Crippen molar-refractivity contribution in [3.05, 3.63) is 69.8 Å². The average molecular weight is 433 g/mol. The molecule has 0 heterocycles. The largest absolute Gasteiger partial charge is 0.478 e. The van der Waals surface area contributed by atoms with Crippen LogP contribution in [0.1, 0.15) is 118 Å². The Labute approximate surface area is 194 Å². The van der Waals surface area contributed by atoms with Crippen LogP contribution in [-0.4, -0.2) is 11.1 Å². The predicted octanol–water partition coefficient (Wildman–Crippen LogP) is 8.42. The Balaban J connectivity index is 1.95. The first-order chi connectivity index (χ1) is 15.1. The van der Waals surface area contributed by atoms with Crippen LogP contribution in [0.15, 0.2) is 36.4 Å². The molecular formula is C30H40O2. The second-order valence-corrected chi connectivity index (χ2v) is 10.8. The smallest absolute Gasteiger partial charge is 0.335 e. The molecule has 0 aliphatic heterocycles. The maximum Gasteiger partial charge on any atom is 0.335 e. The van der Waals surface area contributed by atoms with Crippen LogP contribution in [0.5, 0.6) is 0 Å². The summed E-state index contributed by atoms with van der Waals surface area (Å²) in [6.07, 6.45) is 14.4. The molecule has 0 unspecified atom stereocenters. The fourth-order valence-electron chi connectivity index (χ4n) is 4.89. The molecule has 0 amide bonds. The number of aryl methyl sites for hydroxylation is 1. The predicted molar refractivity (Wildman–Crippen MR) is 137 cm³/mol. The van der Waals surface area contributed by atoms with E-state index >= 15 is 0 Å². The lowest BCUT2D eigenvalue weighted by Crippen LogP contribution is -2.34. The molecule has 172 valence electrons. The Morgan fingerprint density at radius 3 is 2.06 bits per heavy atom. The molecule has 2 aromatic carbocycles. The number of hydrogen-bond acceptors (Lipinski definition) is 1. The third kappa shape index (κ3) is 5.71. The van der Waals surface area contributed by atoms with Crippen LogP contribution in [0.2, 0.25) is 0 Å². The molecule has 2 aromatic rings. The number of aromatic carboxylic acids is 1. The maximum atomic E-state index is 11.1. The van der Waals surface area contributed by atoms with Crippen molar-refractivity contribution in [1.29, 1.82) is 0 Å². The zero-order chi connectivity index (χ0) is 23.4. The molecule has 0 spiro atoms. The van der Waals surface area contributed by atoms with Gasteiger partial charge in [0.2, 0.25) is 0 Å². The molecule has 32 heavy (non-hydrogen) atoms. The van der Waals surface area contributed by atoms with Gasteiger partial charge in [-0.15, -0.1) is 0 Å². The molecule has 1 aliphatic rings. The molecule has 0 atom stereocenters. The van der Waals surface area contributed by atoms with Gasteiger partial charge >= 0.3 is 5.97 Å². The van der Waals surface area contributed by atoms with Crippen molar-refractivity contribution in [2.45, 2.75) is 96.8 Å². The van der Waals surface area contributed by atoms with E-state index in [0.29, 0.717) is 5.56 Å². The van der Waals surface area contributed by atoms with Gasteiger partial charge in [-0.1, -0.05) is 96.7 Å². The molecule has 0 radical (unpaired) electrons. The number of fused-ring (bicyclic) bond motifs is 1. The average Bonchev–Trinajstić information content (AvgIpc) is 2.75. The number of rotatable bonds is 9. The molecule has 0 bridgehead atoms. The minimum atomic E-state index is -0.884. The van der Waals surface area contributed by atoms with Crippen molar-refractivity contribution >= 4 is 18.1 Å². The summed E-state index contributed by atoms with van der Waals surface area (Å²) in [6, 6.07) is 12.1. The minimum Gasteiger partial charge on any atom is -0.478 e. The third-order valence-corrected chi connectivity index (χ3v) is 7.28. The van der Waals surface area contributed by atoms with Crippen LogP contribution >= 0.6 is 0 Å². The van der Waals surface area contributed by atoms with Gasteiger partial charge in [-0.2, -0.15) is 0 Å². The fourth-order valence-corrected chi connectivity index (χ4v) is 4.89. The SMILES string of the molecule is CCCCCCCc1cc2c(cc1/C=C/c1ccc(C(=O)O)cc1)C(C)(C)CCC2(C)C. The Hall–Kier alpha value is -2.35. The van der Waals surface area contributed by atoms with E-state index in [9.17, 15) is 4.79 Å². The highest BCUT2D eigenvalue weighted by Gasteiger charge is 2.37. The van der Waals surface area contributed by atoms with Crippen molar-refractivity contribution in [2.24, 2.45) is 0 Å². The molecule has 1 aliphatic carbocycles. The molecule has 0 saturated heterocycles. The molecule has 2 nitrogen and oxygen atoms in total. The molecule has 2 heteroatoms. The van der Waals surface area contributed by atoms with Gasteiger partial charge in [0.25, 0.3) is 0 Å². The standard InChI is InChI=1S/C30H40O2/c1-6-7-8-9-10-11-24-20-26-27(30(4,5)19-18-29(26,2)3)21-25(24)17-14-22-12-15-23(16-13-22)28(31)32/h12-17,20-21H,6-11,18-19H2,1-5H3,(H,31,32)/b17-14+. The second-order valence-electron chi connectivity index (χ2n) is 10.8. The molecule has 3 rings (SSSR count). The van der Waals surface area contributed by atoms with Crippen molar-refractivity contribution < 1.29 is 9.90 Å². The molecule has 0 saturated carbocycles. The van der Waals surface area contributed by atoms with Crippen molar-refractivity contribution in [1.82, 2.24) is 0 Å². The van der Waals surface area contributed by atoms with E-state index in [1.807, 2.05) is 12.1 Å². The van der Waals surface area contributed by atoms with Crippen LogP contribution in [0.4, 0.5) is 0 Å². The van der Waals surface area contributed by atoms with Gasteiger partial charge in [0.05, 0.1) is 5.56 Å². The van der Waals surface area contributed by atoms with Crippen molar-refractivity contribution in [3.8, 4) is 0 Å². The van der Waals surface area contributed by atoms with E-state index in [2.05, 4.69) is 58.9 Å². The maximum absolute atomic E-state index is 11.1. The number of carboxylic acid groups (broad SMARTS) is 1.